The van der Waals surface area contributed by atoms with Gasteiger partial charge in [0, 0.05) is 50.8 Å². The van der Waals surface area contributed by atoms with Crippen molar-refractivity contribution in [2.45, 2.75) is 50.1 Å². The number of hydrogen-bond donors (Lipinski definition) is 1. The Labute approximate surface area is 195 Å². The van der Waals surface area contributed by atoms with Gasteiger partial charge in [-0.2, -0.15) is 13.2 Å². The minimum atomic E-state index is -5.08. The molecule has 1 unspecified atom stereocenters. The lowest BCUT2D eigenvalue weighted by Crippen LogP contribution is -2.65. The molecule has 0 aromatic heterocycles. The predicted molar refractivity (Wildman–Crippen MR) is 114 cm³/mol. The minimum absolute atomic E-state index is 0.110. The van der Waals surface area contributed by atoms with Crippen LogP contribution < -0.4 is 0 Å². The smallest absolute Gasteiger partial charge is 0.475 e. The van der Waals surface area contributed by atoms with Crippen LogP contribution >= 0.6 is 11.6 Å². The van der Waals surface area contributed by atoms with Crippen molar-refractivity contribution in [1.29, 1.82) is 0 Å². The van der Waals surface area contributed by atoms with Crippen LogP contribution in [0.25, 0.3) is 0 Å². The number of alkyl halides is 3. The molecule has 3 heterocycles. The Bertz CT molecular complexity index is 826. The summed E-state index contributed by atoms with van der Waals surface area (Å²) in [5.74, 6) is -2.62. The van der Waals surface area contributed by atoms with Gasteiger partial charge in [0.1, 0.15) is 6.61 Å². The fourth-order valence-electron chi connectivity index (χ4n) is 4.34. The van der Waals surface area contributed by atoms with Gasteiger partial charge in [-0.05, 0) is 30.9 Å². The van der Waals surface area contributed by atoms with Gasteiger partial charge < -0.3 is 19.5 Å². The third kappa shape index (κ3) is 7.30. The number of ether oxygens (including phenoxy) is 2. The lowest BCUT2D eigenvalue weighted by molar-refractivity contribution is -0.200. The summed E-state index contributed by atoms with van der Waals surface area (Å²) in [6.07, 6.45) is -0.975. The average Bonchev–Trinajstić information content (AvgIpc) is 3.28. The van der Waals surface area contributed by atoms with Crippen LogP contribution in [-0.2, 0) is 25.6 Å². The Morgan fingerprint density at radius 2 is 1.85 bits per heavy atom. The first-order chi connectivity index (χ1) is 15.6. The van der Waals surface area contributed by atoms with Crippen LogP contribution in [0.4, 0.5) is 13.2 Å². The largest absolute Gasteiger partial charge is 0.490 e. The SMILES string of the molecule is O=C(COC1CCOC2(C1)CN(Cc1ccccc1Cl)C2)N1CCCC1.O=C(O)C(F)(F)F. The highest BCUT2D eigenvalue weighted by Gasteiger charge is 2.47. The van der Waals surface area contributed by atoms with Crippen molar-refractivity contribution >= 4 is 23.5 Å². The summed E-state index contributed by atoms with van der Waals surface area (Å²) >= 11 is 6.26. The number of carbonyl (C=O) groups excluding carboxylic acids is 1. The highest BCUT2D eigenvalue weighted by atomic mass is 35.5. The lowest BCUT2D eigenvalue weighted by Gasteiger charge is -2.53. The van der Waals surface area contributed by atoms with Crippen molar-refractivity contribution in [1.82, 2.24) is 9.80 Å². The van der Waals surface area contributed by atoms with Gasteiger partial charge in [0.25, 0.3) is 0 Å². The monoisotopic (exact) mass is 492 g/mol. The number of hydrogen-bond acceptors (Lipinski definition) is 5. The molecule has 7 nitrogen and oxygen atoms in total. The van der Waals surface area contributed by atoms with E-state index in [-0.39, 0.29) is 24.2 Å². The van der Waals surface area contributed by atoms with Crippen molar-refractivity contribution in [3.05, 3.63) is 34.9 Å². The Morgan fingerprint density at radius 1 is 1.21 bits per heavy atom. The summed E-state index contributed by atoms with van der Waals surface area (Å²) in [5, 5.41) is 7.94. The maximum Gasteiger partial charge on any atom is 0.490 e. The molecule has 1 atom stereocenters. The number of benzene rings is 1. The summed E-state index contributed by atoms with van der Waals surface area (Å²) in [6.45, 7) is 5.35. The molecule has 1 aromatic carbocycles. The molecule has 1 N–H and O–H groups in total. The van der Waals surface area contributed by atoms with Crippen LogP contribution in [0, 0.1) is 0 Å². The molecular formula is C22H28ClF3N2O5. The molecule has 0 radical (unpaired) electrons. The molecule has 1 spiro atoms. The van der Waals surface area contributed by atoms with Crippen LogP contribution in [0.1, 0.15) is 31.2 Å². The first kappa shape index (κ1) is 25.7. The summed E-state index contributed by atoms with van der Waals surface area (Å²) in [6, 6.07) is 7.99. The molecule has 11 heteroatoms. The van der Waals surface area contributed by atoms with Crippen molar-refractivity contribution in [2.75, 3.05) is 39.4 Å². The fraction of sp³-hybridized carbons (Fsp3) is 0.636. The molecule has 3 aliphatic heterocycles. The van der Waals surface area contributed by atoms with Gasteiger partial charge >= 0.3 is 12.1 Å². The molecular weight excluding hydrogens is 465 g/mol. The lowest BCUT2D eigenvalue weighted by atomic mass is 9.84. The zero-order valence-electron chi connectivity index (χ0n) is 18.2. The number of rotatable bonds is 5. The number of amides is 1. The van der Waals surface area contributed by atoms with E-state index in [1.807, 2.05) is 23.1 Å². The van der Waals surface area contributed by atoms with Gasteiger partial charge in [-0.15, -0.1) is 0 Å². The summed E-state index contributed by atoms with van der Waals surface area (Å²) < 4.78 is 43.8. The van der Waals surface area contributed by atoms with E-state index in [1.54, 1.807) is 0 Å². The van der Waals surface area contributed by atoms with Crippen molar-refractivity contribution in [3.63, 3.8) is 0 Å². The first-order valence-electron chi connectivity index (χ1n) is 10.9. The van der Waals surface area contributed by atoms with E-state index in [2.05, 4.69) is 11.0 Å². The van der Waals surface area contributed by atoms with Crippen LogP contribution in [0.2, 0.25) is 5.02 Å². The van der Waals surface area contributed by atoms with Crippen LogP contribution in [0.5, 0.6) is 0 Å². The second kappa shape index (κ2) is 11.0. The maximum absolute atomic E-state index is 12.2. The third-order valence-electron chi connectivity index (χ3n) is 5.97. The van der Waals surface area contributed by atoms with Gasteiger partial charge in [-0.3, -0.25) is 9.69 Å². The van der Waals surface area contributed by atoms with Crippen LogP contribution in [0.3, 0.4) is 0 Å². The molecule has 184 valence electrons. The number of carboxylic acids is 1. The highest BCUT2D eigenvalue weighted by Crippen LogP contribution is 2.36. The Morgan fingerprint density at radius 3 is 2.45 bits per heavy atom. The van der Waals surface area contributed by atoms with Gasteiger partial charge in [-0.25, -0.2) is 4.79 Å². The number of aliphatic carboxylic acids is 1. The van der Waals surface area contributed by atoms with E-state index in [0.29, 0.717) is 6.61 Å². The molecule has 0 saturated carbocycles. The standard InChI is InChI=1S/C20H27ClN2O3.C2HF3O2/c21-18-6-2-1-5-16(18)12-22-14-20(15-22)11-17(7-10-26-20)25-13-19(24)23-8-3-4-9-23;3-2(4,5)1(6)7/h1-2,5-6,17H,3-4,7-15H2;(H,6,7). The van der Waals surface area contributed by atoms with Crippen molar-refractivity contribution < 1.29 is 37.3 Å². The minimum Gasteiger partial charge on any atom is -0.475 e. The zero-order valence-corrected chi connectivity index (χ0v) is 18.9. The maximum atomic E-state index is 12.2. The quantitative estimate of drug-likeness (QED) is 0.679. The van der Waals surface area contributed by atoms with E-state index in [0.717, 1.165) is 69.0 Å². The van der Waals surface area contributed by atoms with E-state index in [9.17, 15) is 18.0 Å². The fourth-order valence-corrected chi connectivity index (χ4v) is 4.54. The summed E-state index contributed by atoms with van der Waals surface area (Å²) in [7, 11) is 0. The van der Waals surface area contributed by atoms with Crippen LogP contribution in [-0.4, -0.2) is 84.1 Å². The van der Waals surface area contributed by atoms with E-state index in [4.69, 9.17) is 31.0 Å². The topological polar surface area (TPSA) is 79.3 Å². The number of nitrogens with zero attached hydrogens (tertiary/aromatic N) is 2. The van der Waals surface area contributed by atoms with Crippen molar-refractivity contribution in [3.8, 4) is 0 Å². The average molecular weight is 493 g/mol. The summed E-state index contributed by atoms with van der Waals surface area (Å²) in [5.41, 5.74) is 1.05. The van der Waals surface area contributed by atoms with E-state index in [1.165, 1.54) is 0 Å². The second-order valence-electron chi connectivity index (χ2n) is 8.58. The number of carboxylic acid groups (broad SMARTS) is 1. The van der Waals surface area contributed by atoms with E-state index >= 15 is 0 Å². The molecule has 3 fully saturated rings. The summed E-state index contributed by atoms with van der Waals surface area (Å²) in [4.78, 5) is 25.3. The Kier molecular flexibility index (Phi) is 8.60. The number of likely N-dealkylation sites (tertiary alicyclic amines) is 2. The third-order valence-corrected chi connectivity index (χ3v) is 6.34. The zero-order chi connectivity index (χ0) is 24.1. The van der Waals surface area contributed by atoms with Gasteiger partial charge in [0.2, 0.25) is 5.91 Å². The molecule has 3 aliphatic rings. The Balaban J connectivity index is 0.000000383. The van der Waals surface area contributed by atoms with Crippen molar-refractivity contribution in [2.24, 2.45) is 0 Å². The number of carbonyl (C=O) groups is 2. The predicted octanol–water partition coefficient (Wildman–Crippen LogP) is 3.35. The molecule has 1 amide bonds. The molecule has 3 saturated heterocycles. The molecule has 33 heavy (non-hydrogen) atoms. The molecule has 0 aliphatic carbocycles. The van der Waals surface area contributed by atoms with E-state index < -0.39 is 12.1 Å². The first-order valence-corrected chi connectivity index (χ1v) is 11.2. The molecule has 4 rings (SSSR count). The molecule has 0 bridgehead atoms. The second-order valence-corrected chi connectivity index (χ2v) is 8.99. The normalized spacial score (nSPS) is 22.4. The Hall–Kier alpha value is -1.88. The highest BCUT2D eigenvalue weighted by molar-refractivity contribution is 6.31. The molecule has 1 aromatic rings. The van der Waals surface area contributed by atoms with Gasteiger partial charge in [-0.1, -0.05) is 29.8 Å². The number of halogens is 4. The van der Waals surface area contributed by atoms with Gasteiger partial charge in [0.15, 0.2) is 0 Å². The van der Waals surface area contributed by atoms with Crippen LogP contribution in [0.15, 0.2) is 24.3 Å². The van der Waals surface area contributed by atoms with Gasteiger partial charge in [0.05, 0.1) is 11.7 Å².